The Morgan fingerprint density at radius 2 is 1.20 bits per heavy atom. The number of halogens is 1. The van der Waals surface area contributed by atoms with E-state index in [2.05, 4.69) is 34.1 Å². The Labute approximate surface area is 237 Å². The van der Waals surface area contributed by atoms with Crippen LogP contribution in [0.1, 0.15) is 29.5 Å². The highest BCUT2D eigenvalue weighted by molar-refractivity contribution is 5.90. The summed E-state index contributed by atoms with van der Waals surface area (Å²) in [5.74, 6) is -4.36. The fourth-order valence-electron chi connectivity index (χ4n) is 4.54. The van der Waals surface area contributed by atoms with Gasteiger partial charge in [0.05, 0.1) is 0 Å². The lowest BCUT2D eigenvalue weighted by Gasteiger charge is -2.36. The second kappa shape index (κ2) is 17.4. The minimum Gasteiger partial charge on any atom is -0.478 e. The quantitative estimate of drug-likeness (QED) is 0.346. The Kier molecular flexibility index (Phi) is 13.9. The third-order valence-electron chi connectivity index (χ3n) is 6.49. The van der Waals surface area contributed by atoms with E-state index >= 15 is 0 Å². The molecule has 0 spiro atoms. The van der Waals surface area contributed by atoms with Crippen LogP contribution in [0.3, 0.4) is 0 Å². The Morgan fingerprint density at radius 1 is 0.707 bits per heavy atom. The second-order valence-corrected chi connectivity index (χ2v) is 9.62. The number of carbonyl (C=O) groups is 4. The van der Waals surface area contributed by atoms with Gasteiger partial charge >= 0.3 is 23.9 Å². The summed E-state index contributed by atoms with van der Waals surface area (Å²) in [5.41, 5.74) is 4.27. The average molecular weight is 571 g/mol. The van der Waals surface area contributed by atoms with Crippen molar-refractivity contribution in [2.45, 2.75) is 32.4 Å². The van der Waals surface area contributed by atoms with Gasteiger partial charge in [0.25, 0.3) is 0 Å². The molecule has 0 atom stereocenters. The number of hydrogen-bond acceptors (Lipinski definition) is 6. The molecule has 0 unspecified atom stereocenters. The van der Waals surface area contributed by atoms with Crippen molar-refractivity contribution in [3.63, 3.8) is 0 Å². The van der Waals surface area contributed by atoms with Crippen molar-refractivity contribution < 1.29 is 44.0 Å². The molecule has 2 heterocycles. The van der Waals surface area contributed by atoms with Gasteiger partial charge in [-0.1, -0.05) is 36.4 Å². The van der Waals surface area contributed by atoms with Gasteiger partial charge in [0, 0.05) is 50.5 Å². The largest absolute Gasteiger partial charge is 0.478 e. The van der Waals surface area contributed by atoms with Crippen molar-refractivity contribution in [1.82, 2.24) is 9.80 Å². The van der Waals surface area contributed by atoms with Crippen molar-refractivity contribution in [3.05, 3.63) is 95.3 Å². The normalized spacial score (nSPS) is 15.7. The number of carboxylic acids is 4. The van der Waals surface area contributed by atoms with Crippen molar-refractivity contribution in [3.8, 4) is 0 Å². The molecule has 1 fully saturated rings. The fourth-order valence-corrected chi connectivity index (χ4v) is 4.54. The molecule has 0 saturated carbocycles. The van der Waals surface area contributed by atoms with Gasteiger partial charge < -0.3 is 20.4 Å². The van der Waals surface area contributed by atoms with Gasteiger partial charge in [0.2, 0.25) is 0 Å². The molecular weight excluding hydrogens is 535 g/mol. The van der Waals surface area contributed by atoms with E-state index in [4.69, 9.17) is 20.4 Å². The lowest BCUT2D eigenvalue weighted by atomic mass is 9.93. The maximum Gasteiger partial charge on any atom is 0.328 e. The topological polar surface area (TPSA) is 156 Å². The Balaban J connectivity index is 0.000000304. The van der Waals surface area contributed by atoms with Crippen LogP contribution in [0.2, 0.25) is 0 Å². The predicted octanol–water partition coefficient (Wildman–Crippen LogP) is 3.52. The van der Waals surface area contributed by atoms with E-state index in [1.165, 1.54) is 49.0 Å². The first-order valence-corrected chi connectivity index (χ1v) is 13.1. The molecule has 220 valence electrons. The molecule has 1 saturated heterocycles. The minimum absolute atomic E-state index is 0.148. The first-order valence-electron chi connectivity index (χ1n) is 13.1. The summed E-state index contributed by atoms with van der Waals surface area (Å²) in [6.45, 7) is 6.82. The van der Waals surface area contributed by atoms with Gasteiger partial charge in [0.15, 0.2) is 0 Å². The first-order chi connectivity index (χ1) is 19.5. The van der Waals surface area contributed by atoms with Crippen molar-refractivity contribution in [2.75, 3.05) is 26.2 Å². The first kappa shape index (κ1) is 32.9. The maximum absolute atomic E-state index is 13.0. The molecule has 4 rings (SSSR count). The van der Waals surface area contributed by atoms with E-state index in [0.717, 1.165) is 32.1 Å². The standard InChI is InChI=1S/C22H27FN2.2C4H4O4/c23-22-7-5-18(6-8-22)15-24-12-9-19(10-13-24)16-25-14-11-20-3-1-2-4-21(20)17-25;2*5-3(6)1-2-4(7)8/h1-8,19H,9-17H2;2*1-2H,(H,5,6)(H,7,8). The number of benzene rings is 2. The van der Waals surface area contributed by atoms with Crippen LogP contribution < -0.4 is 0 Å². The molecule has 0 bridgehead atoms. The molecule has 0 aliphatic carbocycles. The summed E-state index contributed by atoms with van der Waals surface area (Å²) >= 11 is 0. The molecule has 2 aliphatic rings. The molecular formula is C30H35FN2O8. The lowest BCUT2D eigenvalue weighted by molar-refractivity contribution is -0.134. The number of piperidine rings is 1. The van der Waals surface area contributed by atoms with E-state index in [1.54, 1.807) is 12.1 Å². The highest BCUT2D eigenvalue weighted by atomic mass is 19.1. The number of nitrogens with zero attached hydrogens (tertiary/aromatic N) is 2. The molecule has 41 heavy (non-hydrogen) atoms. The van der Waals surface area contributed by atoms with Gasteiger partial charge in [-0.25, -0.2) is 23.6 Å². The molecule has 10 nitrogen and oxygen atoms in total. The Morgan fingerprint density at radius 3 is 1.68 bits per heavy atom. The number of rotatable bonds is 8. The van der Waals surface area contributed by atoms with Crippen molar-refractivity contribution in [2.24, 2.45) is 5.92 Å². The summed E-state index contributed by atoms with van der Waals surface area (Å²) in [4.78, 5) is 43.4. The van der Waals surface area contributed by atoms with Crippen LogP contribution in [0.25, 0.3) is 0 Å². The monoisotopic (exact) mass is 570 g/mol. The summed E-state index contributed by atoms with van der Waals surface area (Å²) in [6.07, 6.45) is 5.98. The average Bonchev–Trinajstić information content (AvgIpc) is 2.94. The summed E-state index contributed by atoms with van der Waals surface area (Å²) < 4.78 is 13.0. The smallest absolute Gasteiger partial charge is 0.328 e. The number of aliphatic carboxylic acids is 4. The predicted molar refractivity (Wildman–Crippen MR) is 149 cm³/mol. The molecule has 0 radical (unpaired) electrons. The third-order valence-corrected chi connectivity index (χ3v) is 6.49. The SMILES string of the molecule is Fc1ccc(CN2CCC(CN3CCc4ccccc4C3)CC2)cc1.O=C(O)C=CC(=O)O.O=C(O)C=CC(=O)O. The zero-order valence-electron chi connectivity index (χ0n) is 22.6. The van der Waals surface area contributed by atoms with Gasteiger partial charge in [-0.2, -0.15) is 0 Å². The van der Waals surface area contributed by atoms with Gasteiger partial charge in [-0.3, -0.25) is 9.80 Å². The van der Waals surface area contributed by atoms with Crippen molar-refractivity contribution >= 4 is 23.9 Å². The van der Waals surface area contributed by atoms with Crippen LogP contribution in [0.15, 0.2) is 72.8 Å². The Bertz CT molecular complexity index is 1160. The van der Waals surface area contributed by atoms with Crippen LogP contribution in [0.5, 0.6) is 0 Å². The molecule has 2 aromatic rings. The minimum atomic E-state index is -1.26. The fraction of sp³-hybridized carbons (Fsp3) is 0.333. The molecule has 2 aromatic carbocycles. The summed E-state index contributed by atoms with van der Waals surface area (Å²) in [5, 5.41) is 31.2. The van der Waals surface area contributed by atoms with E-state index in [1.807, 2.05) is 12.1 Å². The molecule has 2 aliphatic heterocycles. The van der Waals surface area contributed by atoms with Crippen LogP contribution in [-0.2, 0) is 38.7 Å². The second-order valence-electron chi connectivity index (χ2n) is 9.62. The third kappa shape index (κ3) is 14.0. The van der Waals surface area contributed by atoms with Crippen molar-refractivity contribution in [1.29, 1.82) is 0 Å². The van der Waals surface area contributed by atoms with E-state index in [0.29, 0.717) is 24.3 Å². The van der Waals surface area contributed by atoms with Crippen LogP contribution in [-0.4, -0.2) is 80.3 Å². The van der Waals surface area contributed by atoms with Crippen LogP contribution >= 0.6 is 0 Å². The lowest BCUT2D eigenvalue weighted by Crippen LogP contribution is -2.40. The number of likely N-dealkylation sites (tertiary alicyclic amines) is 1. The van der Waals surface area contributed by atoms with Gasteiger partial charge in [-0.15, -0.1) is 0 Å². The number of hydrogen-bond donors (Lipinski definition) is 4. The van der Waals surface area contributed by atoms with Gasteiger partial charge in [0.1, 0.15) is 5.82 Å². The highest BCUT2D eigenvalue weighted by Gasteiger charge is 2.23. The van der Waals surface area contributed by atoms with E-state index in [-0.39, 0.29) is 5.82 Å². The zero-order chi connectivity index (χ0) is 30.2. The van der Waals surface area contributed by atoms with E-state index in [9.17, 15) is 23.6 Å². The Hall–Kier alpha value is -4.35. The highest BCUT2D eigenvalue weighted by Crippen LogP contribution is 2.24. The molecule has 0 aromatic heterocycles. The molecule has 11 heteroatoms. The van der Waals surface area contributed by atoms with Crippen LogP contribution in [0.4, 0.5) is 4.39 Å². The zero-order valence-corrected chi connectivity index (χ0v) is 22.6. The van der Waals surface area contributed by atoms with Gasteiger partial charge in [-0.05, 0) is 67.1 Å². The summed E-state index contributed by atoms with van der Waals surface area (Å²) in [7, 11) is 0. The molecule has 4 N–H and O–H groups in total. The number of carboxylic acid groups (broad SMARTS) is 4. The van der Waals surface area contributed by atoms with Crippen LogP contribution in [0, 0.1) is 11.7 Å². The number of fused-ring (bicyclic) bond motifs is 1. The molecule has 0 amide bonds. The summed E-state index contributed by atoms with van der Waals surface area (Å²) in [6, 6.07) is 15.8. The maximum atomic E-state index is 13.0. The van der Waals surface area contributed by atoms with E-state index < -0.39 is 23.9 Å².